The summed E-state index contributed by atoms with van der Waals surface area (Å²) < 4.78 is 6.40. The largest absolute Gasteiger partial charge is 0.460 e. The van der Waals surface area contributed by atoms with Crippen molar-refractivity contribution < 1.29 is 9.53 Å². The molecule has 20 heavy (non-hydrogen) atoms. The highest BCUT2D eigenvalue weighted by Crippen LogP contribution is 2.31. The van der Waals surface area contributed by atoms with Crippen LogP contribution in [0.25, 0.3) is 11.4 Å². The van der Waals surface area contributed by atoms with Crippen molar-refractivity contribution in [2.45, 2.75) is 26.4 Å². The summed E-state index contributed by atoms with van der Waals surface area (Å²) in [5, 5.41) is 4.69. The Morgan fingerprint density at radius 2 is 2.20 bits per heavy atom. The summed E-state index contributed by atoms with van der Waals surface area (Å²) in [6.45, 7) is 4.53. The lowest BCUT2D eigenvalue weighted by molar-refractivity contribution is -0.130. The summed E-state index contributed by atoms with van der Waals surface area (Å²) in [5.41, 5.74) is 2.49. The molecule has 2 aromatic heterocycles. The summed E-state index contributed by atoms with van der Waals surface area (Å²) in [6, 6.07) is 0. The topological polar surface area (TPSA) is 69.9 Å². The molecule has 2 aromatic rings. The molecule has 0 N–H and O–H groups in total. The molecule has 0 bridgehead atoms. The molecule has 2 rings (SSSR count). The smallest absolute Gasteiger partial charge is 0.293 e. The van der Waals surface area contributed by atoms with E-state index in [9.17, 15) is 4.79 Å². The minimum atomic E-state index is 0.0164. The van der Waals surface area contributed by atoms with Gasteiger partial charge >= 0.3 is 0 Å². The number of aromatic nitrogens is 4. The third-order valence-electron chi connectivity index (χ3n) is 2.89. The lowest BCUT2D eigenvalue weighted by Gasteiger charge is -2.10. The Hall–Kier alpha value is -1.95. The van der Waals surface area contributed by atoms with Crippen LogP contribution >= 0.6 is 11.6 Å². The zero-order valence-corrected chi connectivity index (χ0v) is 12.3. The van der Waals surface area contributed by atoms with E-state index in [-0.39, 0.29) is 6.61 Å². The fraction of sp³-hybridized carbons (Fsp3) is 0.385. The van der Waals surface area contributed by atoms with Crippen LogP contribution in [0.1, 0.15) is 31.2 Å². The summed E-state index contributed by atoms with van der Waals surface area (Å²) >= 11 is 6.19. The maximum absolute atomic E-state index is 10.2. The molecule has 0 atom stereocenters. The number of hydrogen-bond acceptors (Lipinski definition) is 5. The quantitative estimate of drug-likeness (QED) is 0.792. The molecule has 106 valence electrons. The fourth-order valence-corrected chi connectivity index (χ4v) is 2.10. The van der Waals surface area contributed by atoms with E-state index in [1.165, 1.54) is 6.20 Å². The van der Waals surface area contributed by atoms with Gasteiger partial charge < -0.3 is 4.74 Å². The molecule has 7 heteroatoms. The lowest BCUT2D eigenvalue weighted by atomic mass is 10.0. The van der Waals surface area contributed by atoms with Crippen LogP contribution in [0.15, 0.2) is 12.4 Å². The molecule has 6 nitrogen and oxygen atoms in total. The van der Waals surface area contributed by atoms with Crippen molar-refractivity contribution in [3.8, 4) is 11.4 Å². The molecule has 0 radical (unpaired) electrons. The van der Waals surface area contributed by atoms with E-state index in [1.807, 2.05) is 7.05 Å². The Kier molecular flexibility index (Phi) is 4.34. The molecule has 0 aromatic carbocycles. The monoisotopic (exact) mass is 294 g/mol. The fourth-order valence-electron chi connectivity index (χ4n) is 1.91. The van der Waals surface area contributed by atoms with Crippen LogP contribution in [-0.2, 0) is 23.2 Å². The molecule has 0 aliphatic carbocycles. The predicted octanol–water partition coefficient (Wildman–Crippen LogP) is 2.33. The first-order valence-electron chi connectivity index (χ1n) is 6.13. The Balaban J connectivity index is 2.51. The molecule has 0 unspecified atom stereocenters. The number of carbonyl (C=O) groups is 1. The standard InChI is InChI=1S/C13H15ClN4O2/c1-8(2)9-4-16-18(3)13(9)12-10(14)5-15-11(17-12)6-20-7-19/h4-5,7-8H,6H2,1-3H3. The maximum Gasteiger partial charge on any atom is 0.293 e. The molecular weight excluding hydrogens is 280 g/mol. The van der Waals surface area contributed by atoms with Gasteiger partial charge in [0, 0.05) is 12.6 Å². The first kappa shape index (κ1) is 14.5. The number of hydrogen-bond donors (Lipinski definition) is 0. The SMILES string of the molecule is CC(C)c1cnn(C)c1-c1nc(COC=O)ncc1Cl. The average Bonchev–Trinajstić information content (AvgIpc) is 2.80. The van der Waals surface area contributed by atoms with Crippen LogP contribution in [0.2, 0.25) is 5.02 Å². The van der Waals surface area contributed by atoms with E-state index >= 15 is 0 Å². The van der Waals surface area contributed by atoms with Crippen LogP contribution in [0.5, 0.6) is 0 Å². The van der Waals surface area contributed by atoms with E-state index in [2.05, 4.69) is 33.7 Å². The van der Waals surface area contributed by atoms with Gasteiger partial charge in [0.05, 0.1) is 23.1 Å². The molecule has 0 amide bonds. The third kappa shape index (κ3) is 2.80. The maximum atomic E-state index is 10.2. The van der Waals surface area contributed by atoms with Crippen LogP contribution in [-0.4, -0.2) is 26.2 Å². The average molecular weight is 295 g/mol. The summed E-state index contributed by atoms with van der Waals surface area (Å²) in [7, 11) is 1.83. The highest BCUT2D eigenvalue weighted by atomic mass is 35.5. The number of rotatable bonds is 5. The highest BCUT2D eigenvalue weighted by molar-refractivity contribution is 6.32. The predicted molar refractivity (Wildman–Crippen MR) is 74.2 cm³/mol. The second kappa shape index (κ2) is 6.00. The second-order valence-electron chi connectivity index (χ2n) is 4.62. The molecular formula is C13H15ClN4O2. The molecule has 0 aliphatic heterocycles. The van der Waals surface area contributed by atoms with Crippen LogP contribution in [0.3, 0.4) is 0 Å². The Bertz CT molecular complexity index is 625. The summed E-state index contributed by atoms with van der Waals surface area (Å²) in [5.74, 6) is 0.687. The minimum Gasteiger partial charge on any atom is -0.460 e. The van der Waals surface area contributed by atoms with Crippen molar-refractivity contribution in [3.05, 3.63) is 28.8 Å². The van der Waals surface area contributed by atoms with Gasteiger partial charge in [-0.25, -0.2) is 9.97 Å². The van der Waals surface area contributed by atoms with Crippen molar-refractivity contribution in [2.75, 3.05) is 0 Å². The van der Waals surface area contributed by atoms with Crippen LogP contribution in [0, 0.1) is 0 Å². The highest BCUT2D eigenvalue weighted by Gasteiger charge is 2.18. The molecule has 0 aliphatic rings. The number of carbonyl (C=O) groups excluding carboxylic acids is 1. The van der Waals surface area contributed by atoms with E-state index in [4.69, 9.17) is 11.6 Å². The van der Waals surface area contributed by atoms with Crippen molar-refractivity contribution in [1.82, 2.24) is 19.7 Å². The van der Waals surface area contributed by atoms with Gasteiger partial charge in [0.2, 0.25) is 0 Å². The molecule has 0 saturated heterocycles. The lowest BCUT2D eigenvalue weighted by Crippen LogP contribution is -2.04. The van der Waals surface area contributed by atoms with Crippen molar-refractivity contribution in [3.63, 3.8) is 0 Å². The third-order valence-corrected chi connectivity index (χ3v) is 3.16. The first-order valence-corrected chi connectivity index (χ1v) is 6.51. The van der Waals surface area contributed by atoms with Gasteiger partial charge in [0.15, 0.2) is 12.4 Å². The van der Waals surface area contributed by atoms with Gasteiger partial charge in [-0.3, -0.25) is 9.48 Å². The molecule has 0 spiro atoms. The second-order valence-corrected chi connectivity index (χ2v) is 5.02. The molecule has 2 heterocycles. The minimum absolute atomic E-state index is 0.0164. The number of halogens is 1. The number of ether oxygens (including phenoxy) is 1. The Morgan fingerprint density at radius 1 is 1.45 bits per heavy atom. The van der Waals surface area contributed by atoms with E-state index in [0.29, 0.717) is 28.9 Å². The van der Waals surface area contributed by atoms with Gasteiger partial charge in [0.25, 0.3) is 6.47 Å². The van der Waals surface area contributed by atoms with Gasteiger partial charge in [-0.1, -0.05) is 25.4 Å². The van der Waals surface area contributed by atoms with Crippen LogP contribution in [0.4, 0.5) is 0 Å². The van der Waals surface area contributed by atoms with E-state index in [1.54, 1.807) is 10.9 Å². The normalized spacial score (nSPS) is 10.8. The van der Waals surface area contributed by atoms with Crippen molar-refractivity contribution in [1.29, 1.82) is 0 Å². The van der Waals surface area contributed by atoms with E-state index in [0.717, 1.165) is 11.3 Å². The van der Waals surface area contributed by atoms with Gasteiger partial charge in [0.1, 0.15) is 5.69 Å². The van der Waals surface area contributed by atoms with Gasteiger partial charge in [-0.05, 0) is 5.92 Å². The first-order chi connectivity index (χ1) is 9.54. The Labute approximate surface area is 121 Å². The number of nitrogens with zero attached hydrogens (tertiary/aromatic N) is 4. The number of aryl methyl sites for hydroxylation is 1. The van der Waals surface area contributed by atoms with Crippen molar-refractivity contribution >= 4 is 18.1 Å². The van der Waals surface area contributed by atoms with E-state index < -0.39 is 0 Å². The van der Waals surface area contributed by atoms with Crippen molar-refractivity contribution in [2.24, 2.45) is 7.05 Å². The zero-order chi connectivity index (χ0) is 14.7. The summed E-state index contributed by atoms with van der Waals surface area (Å²) in [6.07, 6.45) is 3.31. The zero-order valence-electron chi connectivity index (χ0n) is 11.5. The van der Waals surface area contributed by atoms with Gasteiger partial charge in [-0.2, -0.15) is 5.10 Å². The van der Waals surface area contributed by atoms with Gasteiger partial charge in [-0.15, -0.1) is 0 Å². The molecule has 0 saturated carbocycles. The Morgan fingerprint density at radius 3 is 2.85 bits per heavy atom. The van der Waals surface area contributed by atoms with Crippen LogP contribution < -0.4 is 0 Å². The molecule has 0 fully saturated rings. The summed E-state index contributed by atoms with van der Waals surface area (Å²) in [4.78, 5) is 18.6.